The summed E-state index contributed by atoms with van der Waals surface area (Å²) in [6.45, 7) is 4.51. The van der Waals surface area contributed by atoms with Crippen molar-refractivity contribution in [2.45, 2.75) is 26.0 Å². The molecule has 0 radical (unpaired) electrons. The van der Waals surface area contributed by atoms with Crippen molar-refractivity contribution in [3.05, 3.63) is 29.8 Å². The molecular formula is C12H18OS. The molecule has 1 aromatic carbocycles. The number of hydrogen-bond acceptors (Lipinski definition) is 2. The zero-order valence-corrected chi connectivity index (χ0v) is 9.68. The number of benzene rings is 1. The van der Waals surface area contributed by atoms with Gasteiger partial charge in [0.2, 0.25) is 0 Å². The SMILES string of the molecule is CCC(C)CSCc1ccc(O)cc1. The Morgan fingerprint density at radius 1 is 1.29 bits per heavy atom. The van der Waals surface area contributed by atoms with Gasteiger partial charge in [-0.3, -0.25) is 0 Å². The quantitative estimate of drug-likeness (QED) is 0.800. The first-order valence-corrected chi connectivity index (χ1v) is 6.23. The minimum Gasteiger partial charge on any atom is -0.508 e. The van der Waals surface area contributed by atoms with Gasteiger partial charge in [0.15, 0.2) is 0 Å². The van der Waals surface area contributed by atoms with Gasteiger partial charge in [-0.1, -0.05) is 32.4 Å². The third-order valence-electron chi connectivity index (χ3n) is 2.30. The zero-order valence-electron chi connectivity index (χ0n) is 8.86. The molecule has 0 aliphatic heterocycles. The summed E-state index contributed by atoms with van der Waals surface area (Å²) in [5, 5.41) is 9.10. The summed E-state index contributed by atoms with van der Waals surface area (Å²) >= 11 is 1.96. The van der Waals surface area contributed by atoms with Gasteiger partial charge in [-0.15, -0.1) is 0 Å². The summed E-state index contributed by atoms with van der Waals surface area (Å²) in [5.74, 6) is 3.42. The fraction of sp³-hybridized carbons (Fsp3) is 0.500. The Hall–Kier alpha value is -0.630. The Balaban J connectivity index is 2.28. The lowest BCUT2D eigenvalue weighted by Crippen LogP contribution is -1.95. The van der Waals surface area contributed by atoms with Crippen molar-refractivity contribution in [2.24, 2.45) is 5.92 Å². The fourth-order valence-electron chi connectivity index (χ4n) is 1.09. The third kappa shape index (κ3) is 4.05. The molecule has 0 fully saturated rings. The molecule has 0 saturated heterocycles. The predicted octanol–water partition coefficient (Wildman–Crippen LogP) is 3.67. The molecule has 0 bridgehead atoms. The van der Waals surface area contributed by atoms with Crippen LogP contribution in [-0.2, 0) is 5.75 Å². The fourth-order valence-corrected chi connectivity index (χ4v) is 2.27. The van der Waals surface area contributed by atoms with Gasteiger partial charge in [-0.2, -0.15) is 11.8 Å². The van der Waals surface area contributed by atoms with Gasteiger partial charge in [-0.25, -0.2) is 0 Å². The average molecular weight is 210 g/mol. The molecule has 0 spiro atoms. The number of rotatable bonds is 5. The molecule has 0 amide bonds. The number of thioether (sulfide) groups is 1. The summed E-state index contributed by atoms with van der Waals surface area (Å²) in [6.07, 6.45) is 1.25. The summed E-state index contributed by atoms with van der Waals surface area (Å²) in [4.78, 5) is 0. The van der Waals surface area contributed by atoms with E-state index in [4.69, 9.17) is 5.11 Å². The van der Waals surface area contributed by atoms with Gasteiger partial charge in [-0.05, 0) is 29.4 Å². The Labute approximate surface area is 90.5 Å². The summed E-state index contributed by atoms with van der Waals surface area (Å²) < 4.78 is 0. The second-order valence-corrected chi connectivity index (χ2v) is 4.73. The van der Waals surface area contributed by atoms with E-state index in [0.717, 1.165) is 11.7 Å². The second kappa shape index (κ2) is 5.97. The van der Waals surface area contributed by atoms with Gasteiger partial charge in [0.1, 0.15) is 5.75 Å². The first kappa shape index (κ1) is 11.4. The Morgan fingerprint density at radius 2 is 1.93 bits per heavy atom. The van der Waals surface area contributed by atoms with E-state index in [-0.39, 0.29) is 0 Å². The summed E-state index contributed by atoms with van der Waals surface area (Å²) in [6, 6.07) is 7.47. The van der Waals surface area contributed by atoms with E-state index < -0.39 is 0 Å². The van der Waals surface area contributed by atoms with Crippen LogP contribution in [0.5, 0.6) is 5.75 Å². The van der Waals surface area contributed by atoms with Crippen LogP contribution in [0, 0.1) is 5.92 Å². The van der Waals surface area contributed by atoms with E-state index in [2.05, 4.69) is 13.8 Å². The lowest BCUT2D eigenvalue weighted by Gasteiger charge is -2.07. The van der Waals surface area contributed by atoms with Crippen LogP contribution in [0.15, 0.2) is 24.3 Å². The number of phenolic OH excluding ortho intramolecular Hbond substituents is 1. The lowest BCUT2D eigenvalue weighted by molar-refractivity contribution is 0.475. The molecule has 1 rings (SSSR count). The Bertz CT molecular complexity index is 256. The van der Waals surface area contributed by atoms with Gasteiger partial charge in [0.05, 0.1) is 0 Å². The van der Waals surface area contributed by atoms with Crippen molar-refractivity contribution in [1.82, 2.24) is 0 Å². The van der Waals surface area contributed by atoms with Crippen molar-refractivity contribution in [2.75, 3.05) is 5.75 Å². The first-order chi connectivity index (χ1) is 6.72. The molecule has 1 N–H and O–H groups in total. The van der Waals surface area contributed by atoms with E-state index >= 15 is 0 Å². The van der Waals surface area contributed by atoms with Crippen LogP contribution in [0.3, 0.4) is 0 Å². The van der Waals surface area contributed by atoms with Crippen LogP contribution in [-0.4, -0.2) is 10.9 Å². The monoisotopic (exact) mass is 210 g/mol. The highest BCUT2D eigenvalue weighted by Crippen LogP contribution is 2.18. The van der Waals surface area contributed by atoms with Crippen LogP contribution in [0.1, 0.15) is 25.8 Å². The van der Waals surface area contributed by atoms with Gasteiger partial charge in [0, 0.05) is 5.75 Å². The summed E-state index contributed by atoms with van der Waals surface area (Å²) in [5.41, 5.74) is 1.29. The molecule has 0 aliphatic rings. The van der Waals surface area contributed by atoms with Crippen molar-refractivity contribution in [3.63, 3.8) is 0 Å². The maximum atomic E-state index is 9.10. The molecule has 0 aromatic heterocycles. The van der Waals surface area contributed by atoms with Crippen molar-refractivity contribution >= 4 is 11.8 Å². The Kier molecular flexibility index (Phi) is 4.88. The molecule has 1 nitrogen and oxygen atoms in total. The summed E-state index contributed by atoms with van der Waals surface area (Å²) in [7, 11) is 0. The molecule has 0 aliphatic carbocycles. The maximum absolute atomic E-state index is 9.10. The molecule has 78 valence electrons. The lowest BCUT2D eigenvalue weighted by atomic mass is 10.2. The van der Waals surface area contributed by atoms with Crippen LogP contribution < -0.4 is 0 Å². The average Bonchev–Trinajstić information content (AvgIpc) is 2.21. The van der Waals surface area contributed by atoms with Crippen molar-refractivity contribution < 1.29 is 5.11 Å². The molecule has 2 heteroatoms. The highest BCUT2D eigenvalue weighted by Gasteiger charge is 1.99. The number of aromatic hydroxyl groups is 1. The minimum absolute atomic E-state index is 0.348. The smallest absolute Gasteiger partial charge is 0.115 e. The van der Waals surface area contributed by atoms with Crippen LogP contribution in [0.4, 0.5) is 0 Å². The van der Waals surface area contributed by atoms with E-state index in [1.54, 1.807) is 12.1 Å². The molecule has 1 unspecified atom stereocenters. The van der Waals surface area contributed by atoms with Gasteiger partial charge in [0.25, 0.3) is 0 Å². The van der Waals surface area contributed by atoms with Gasteiger partial charge < -0.3 is 5.11 Å². The van der Waals surface area contributed by atoms with Crippen LogP contribution >= 0.6 is 11.8 Å². The zero-order chi connectivity index (χ0) is 10.4. The maximum Gasteiger partial charge on any atom is 0.115 e. The topological polar surface area (TPSA) is 20.2 Å². The second-order valence-electron chi connectivity index (χ2n) is 3.69. The number of hydrogen-bond donors (Lipinski definition) is 1. The van der Waals surface area contributed by atoms with E-state index in [9.17, 15) is 0 Å². The molecule has 0 heterocycles. The molecule has 0 saturated carbocycles. The minimum atomic E-state index is 0.348. The predicted molar refractivity (Wildman–Crippen MR) is 63.7 cm³/mol. The highest BCUT2D eigenvalue weighted by atomic mass is 32.2. The molecule has 1 atom stereocenters. The third-order valence-corrected chi connectivity index (χ3v) is 3.65. The normalized spacial score (nSPS) is 12.7. The molecule has 14 heavy (non-hydrogen) atoms. The molecule has 1 aromatic rings. The van der Waals surface area contributed by atoms with E-state index in [1.165, 1.54) is 17.7 Å². The Morgan fingerprint density at radius 3 is 2.50 bits per heavy atom. The van der Waals surface area contributed by atoms with Crippen molar-refractivity contribution in [1.29, 1.82) is 0 Å². The van der Waals surface area contributed by atoms with Crippen molar-refractivity contribution in [3.8, 4) is 5.75 Å². The standard InChI is InChI=1S/C12H18OS/c1-3-10(2)8-14-9-11-4-6-12(13)7-5-11/h4-7,10,13H,3,8-9H2,1-2H3. The molecular weight excluding hydrogens is 192 g/mol. The number of phenols is 1. The van der Waals surface area contributed by atoms with Crippen LogP contribution in [0.25, 0.3) is 0 Å². The highest BCUT2D eigenvalue weighted by molar-refractivity contribution is 7.98. The largest absolute Gasteiger partial charge is 0.508 e. The van der Waals surface area contributed by atoms with E-state index in [0.29, 0.717) is 5.75 Å². The van der Waals surface area contributed by atoms with Crippen LogP contribution in [0.2, 0.25) is 0 Å². The van der Waals surface area contributed by atoms with Gasteiger partial charge >= 0.3 is 0 Å². The first-order valence-electron chi connectivity index (χ1n) is 5.08. The van der Waals surface area contributed by atoms with E-state index in [1.807, 2.05) is 23.9 Å².